The van der Waals surface area contributed by atoms with E-state index in [-0.39, 0.29) is 11.0 Å². The molecule has 0 spiro atoms. The predicted molar refractivity (Wildman–Crippen MR) is 88.9 cm³/mol. The zero-order valence-corrected chi connectivity index (χ0v) is 15.6. The normalized spacial score (nSPS) is 13.2. The quantitative estimate of drug-likeness (QED) is 0.437. The fourth-order valence-electron chi connectivity index (χ4n) is 2.57. The molecule has 0 aliphatic rings. The lowest BCUT2D eigenvalue weighted by Gasteiger charge is -2.27. The average molecular weight is 502 g/mol. The Kier molecular flexibility index (Phi) is 6.85. The second-order valence-corrected chi connectivity index (χ2v) is 6.42. The van der Waals surface area contributed by atoms with E-state index in [2.05, 4.69) is 4.98 Å². The van der Waals surface area contributed by atoms with Gasteiger partial charge in [0.2, 0.25) is 0 Å². The van der Waals surface area contributed by atoms with Gasteiger partial charge in [-0.25, -0.2) is 4.98 Å². The number of nitrogens with one attached hydrogen (secondary N) is 2. The van der Waals surface area contributed by atoms with Gasteiger partial charge in [0.25, 0.3) is 0 Å². The number of carbonyl (C=O) groups excluding carboxylic acids is 1. The number of alkyl halides is 12. The molecule has 0 unspecified atom stereocenters. The van der Waals surface area contributed by atoms with Crippen LogP contribution in [0, 0.1) is 0 Å². The summed E-state index contributed by atoms with van der Waals surface area (Å²) >= 11 is 0. The number of carbonyl (C=O) groups is 1. The lowest BCUT2D eigenvalue weighted by molar-refractivity contribution is -0.173. The number of fused-ring (bicyclic) bond motifs is 1. The number of nitrogens with zero attached hydrogens (tertiary/aromatic N) is 2. The van der Waals surface area contributed by atoms with E-state index in [1.807, 2.05) is 0 Å². The van der Waals surface area contributed by atoms with Gasteiger partial charge < -0.3 is 4.90 Å². The van der Waals surface area contributed by atoms with Gasteiger partial charge in [-0.2, -0.15) is 52.7 Å². The van der Waals surface area contributed by atoms with Crippen LogP contribution in [0.4, 0.5) is 64.2 Å². The lowest BCUT2D eigenvalue weighted by Crippen LogP contribution is -2.40. The Labute approximate surface area is 175 Å². The van der Waals surface area contributed by atoms with Crippen LogP contribution in [0.2, 0.25) is 0 Å². The van der Waals surface area contributed by atoms with Gasteiger partial charge in [0.15, 0.2) is 0 Å². The van der Waals surface area contributed by atoms with E-state index >= 15 is 0 Å². The fourth-order valence-corrected chi connectivity index (χ4v) is 2.57. The predicted octanol–water partition coefficient (Wildman–Crippen LogP) is 5.19. The van der Waals surface area contributed by atoms with Crippen molar-refractivity contribution in [1.82, 2.24) is 10.4 Å². The number of benzene rings is 1. The van der Waals surface area contributed by atoms with Crippen LogP contribution in [0.1, 0.15) is 5.56 Å². The molecule has 33 heavy (non-hydrogen) atoms. The molecule has 2 rings (SSSR count). The van der Waals surface area contributed by atoms with Crippen LogP contribution in [0.3, 0.4) is 0 Å². The summed E-state index contributed by atoms with van der Waals surface area (Å²) in [7, 11) is 0. The van der Waals surface area contributed by atoms with Gasteiger partial charge in [-0.3, -0.25) is 15.6 Å². The molecule has 1 aromatic heterocycles. The Morgan fingerprint density at radius 3 is 1.85 bits per heavy atom. The second-order valence-electron chi connectivity index (χ2n) is 6.42. The number of hydrogen-bond acceptors (Lipinski definition) is 4. The number of aromatic nitrogens is 1. The van der Waals surface area contributed by atoms with Crippen molar-refractivity contribution in [2.24, 2.45) is 0 Å². The SMILES string of the molecule is O=C(NNc1cc(C(F)(F)F)c2cc(N(CC(F)(F)F)CC(F)(F)F)ccc2n1)C(F)(F)F. The van der Waals surface area contributed by atoms with Crippen molar-refractivity contribution in [3.8, 4) is 0 Å². The summed E-state index contributed by atoms with van der Waals surface area (Å²) in [4.78, 5) is 14.0. The van der Waals surface area contributed by atoms with Gasteiger partial charge in [-0.1, -0.05) is 0 Å². The molecule has 0 atom stereocenters. The third-order valence-corrected chi connectivity index (χ3v) is 3.76. The van der Waals surface area contributed by atoms with Gasteiger partial charge in [0.05, 0.1) is 11.1 Å². The molecule has 2 aromatic rings. The molecule has 2 N–H and O–H groups in total. The molecule has 0 fully saturated rings. The van der Waals surface area contributed by atoms with Gasteiger partial charge in [0.1, 0.15) is 18.9 Å². The van der Waals surface area contributed by atoms with Crippen LogP contribution in [0.15, 0.2) is 24.3 Å². The number of amides is 1. The number of pyridine rings is 1. The van der Waals surface area contributed by atoms with E-state index < -0.39 is 71.7 Å². The first-order chi connectivity index (χ1) is 14.8. The summed E-state index contributed by atoms with van der Waals surface area (Å²) in [5, 5.41) is -0.929. The Morgan fingerprint density at radius 2 is 1.39 bits per heavy atom. The number of hydrogen-bond donors (Lipinski definition) is 2. The summed E-state index contributed by atoms with van der Waals surface area (Å²) in [6.07, 6.45) is -20.9. The van der Waals surface area contributed by atoms with Crippen molar-refractivity contribution >= 4 is 28.3 Å². The number of halogens is 12. The van der Waals surface area contributed by atoms with Crippen LogP contribution < -0.4 is 15.8 Å². The highest BCUT2D eigenvalue weighted by Crippen LogP contribution is 2.38. The Bertz CT molecular complexity index is 994. The first-order valence-electron chi connectivity index (χ1n) is 8.30. The van der Waals surface area contributed by atoms with Crippen LogP contribution in [0.25, 0.3) is 10.9 Å². The molecule has 17 heteroatoms. The van der Waals surface area contributed by atoms with Crippen molar-refractivity contribution in [1.29, 1.82) is 0 Å². The van der Waals surface area contributed by atoms with E-state index in [1.54, 1.807) is 0 Å². The molecule has 184 valence electrons. The molecular weight excluding hydrogens is 492 g/mol. The largest absolute Gasteiger partial charge is 0.472 e. The number of rotatable bonds is 5. The molecular formula is C16H10F12N4O. The lowest BCUT2D eigenvalue weighted by atomic mass is 10.1. The molecule has 0 saturated heterocycles. The Balaban J connectivity index is 2.54. The van der Waals surface area contributed by atoms with E-state index in [0.717, 1.165) is 5.43 Å². The minimum Gasteiger partial charge on any atom is -0.353 e. The van der Waals surface area contributed by atoms with Crippen LogP contribution in [-0.2, 0) is 11.0 Å². The second kappa shape index (κ2) is 8.66. The summed E-state index contributed by atoms with van der Waals surface area (Å²) < 4.78 is 153. The first kappa shape index (κ1) is 26.1. The van der Waals surface area contributed by atoms with E-state index in [4.69, 9.17) is 0 Å². The van der Waals surface area contributed by atoms with Crippen molar-refractivity contribution in [2.45, 2.75) is 24.7 Å². The minimum atomic E-state index is -5.38. The third-order valence-electron chi connectivity index (χ3n) is 3.76. The first-order valence-corrected chi connectivity index (χ1v) is 8.30. The van der Waals surface area contributed by atoms with Gasteiger partial charge in [-0.15, -0.1) is 0 Å². The van der Waals surface area contributed by atoms with Crippen molar-refractivity contribution in [2.75, 3.05) is 23.4 Å². The standard InChI is InChI=1S/C16H10F12N4O/c17-13(18,19)5-32(6-14(20,21)22)7-1-2-10-8(3-7)9(15(23,24)25)4-11(29-10)30-31-12(33)16(26,27)28/h1-4H,5-6H2,(H,29,30)(H,31,33). The molecule has 1 amide bonds. The highest BCUT2D eigenvalue weighted by atomic mass is 19.4. The smallest absolute Gasteiger partial charge is 0.353 e. The number of anilines is 2. The maximum Gasteiger partial charge on any atom is 0.472 e. The minimum absolute atomic E-state index is 0.126. The van der Waals surface area contributed by atoms with Crippen molar-refractivity contribution in [3.63, 3.8) is 0 Å². The highest BCUT2D eigenvalue weighted by Gasteiger charge is 2.40. The molecule has 5 nitrogen and oxygen atoms in total. The maximum atomic E-state index is 13.5. The van der Waals surface area contributed by atoms with Crippen LogP contribution in [0.5, 0.6) is 0 Å². The van der Waals surface area contributed by atoms with Gasteiger partial charge >= 0.3 is 30.6 Å². The maximum absolute atomic E-state index is 13.5. The summed E-state index contributed by atoms with van der Waals surface area (Å²) in [6, 6.07) is 1.79. The monoisotopic (exact) mass is 502 g/mol. The van der Waals surface area contributed by atoms with Crippen LogP contribution >= 0.6 is 0 Å². The zero-order chi connectivity index (χ0) is 25.4. The molecule has 1 heterocycles. The Hall–Kier alpha value is -3.14. The number of hydrazine groups is 1. The Morgan fingerprint density at radius 1 is 0.848 bits per heavy atom. The molecule has 0 aliphatic carbocycles. The molecule has 0 saturated carbocycles. The van der Waals surface area contributed by atoms with Crippen molar-refractivity contribution < 1.29 is 57.5 Å². The van der Waals surface area contributed by atoms with E-state index in [0.29, 0.717) is 18.2 Å². The van der Waals surface area contributed by atoms with Crippen molar-refractivity contribution in [3.05, 3.63) is 29.8 Å². The highest BCUT2D eigenvalue weighted by molar-refractivity contribution is 5.88. The molecule has 0 aliphatic heterocycles. The zero-order valence-electron chi connectivity index (χ0n) is 15.6. The summed E-state index contributed by atoms with van der Waals surface area (Å²) in [6.45, 7) is -4.26. The summed E-state index contributed by atoms with van der Waals surface area (Å²) in [5.74, 6) is -3.49. The van der Waals surface area contributed by atoms with Crippen LogP contribution in [-0.4, -0.2) is 42.5 Å². The topological polar surface area (TPSA) is 57.3 Å². The average Bonchev–Trinajstić information content (AvgIpc) is 2.60. The van der Waals surface area contributed by atoms with Gasteiger partial charge in [0, 0.05) is 11.1 Å². The van der Waals surface area contributed by atoms with Gasteiger partial charge in [-0.05, 0) is 24.3 Å². The fraction of sp³-hybridized carbons (Fsp3) is 0.375. The third kappa shape index (κ3) is 7.45. The molecule has 0 radical (unpaired) electrons. The molecule has 0 bridgehead atoms. The summed E-state index contributed by atoms with van der Waals surface area (Å²) in [5.41, 5.74) is -0.571. The van der Waals surface area contributed by atoms with E-state index in [9.17, 15) is 57.5 Å². The van der Waals surface area contributed by atoms with E-state index in [1.165, 1.54) is 5.43 Å². The molecule has 1 aromatic carbocycles.